The van der Waals surface area contributed by atoms with Crippen molar-refractivity contribution in [1.29, 1.82) is 0 Å². The van der Waals surface area contributed by atoms with Gasteiger partial charge in [-0.1, -0.05) is 41.4 Å². The Hall–Kier alpha value is -1.16. The summed E-state index contributed by atoms with van der Waals surface area (Å²) in [6.07, 6.45) is -1.51. The molecule has 0 aromatic heterocycles. The van der Waals surface area contributed by atoms with Crippen LogP contribution >= 0.6 is 23.2 Å². The second-order valence-electron chi connectivity index (χ2n) is 4.14. The number of hydrogen-bond acceptors (Lipinski definition) is 1. The minimum Gasteiger partial charge on any atom is -0.383 e. The molecule has 0 spiro atoms. The van der Waals surface area contributed by atoms with Gasteiger partial charge < -0.3 is 5.11 Å². The summed E-state index contributed by atoms with van der Waals surface area (Å²) in [5, 5.41) is 10.5. The molecule has 1 atom stereocenters. The maximum Gasteiger partial charge on any atom is 0.135 e. The fourth-order valence-electron chi connectivity index (χ4n) is 1.82. The molecule has 5 heteroatoms. The number of benzene rings is 2. The fourth-order valence-corrected chi connectivity index (χ4v) is 2.23. The number of rotatable bonds is 2. The summed E-state index contributed by atoms with van der Waals surface area (Å²) in [5.41, 5.74) is -0.0182. The van der Waals surface area contributed by atoms with E-state index >= 15 is 0 Å². The summed E-state index contributed by atoms with van der Waals surface area (Å²) in [4.78, 5) is 0. The van der Waals surface area contributed by atoms with E-state index in [1.807, 2.05) is 0 Å². The van der Waals surface area contributed by atoms with Crippen molar-refractivity contribution in [1.82, 2.24) is 0 Å². The van der Waals surface area contributed by atoms with E-state index in [9.17, 15) is 13.9 Å². The Morgan fingerprint density at radius 1 is 1.11 bits per heavy atom. The topological polar surface area (TPSA) is 20.2 Å². The van der Waals surface area contributed by atoms with Gasteiger partial charge >= 0.3 is 0 Å². The van der Waals surface area contributed by atoms with Gasteiger partial charge in [-0.25, -0.2) is 8.78 Å². The molecule has 2 aromatic carbocycles. The number of aliphatic hydroxyl groups is 1. The molecule has 2 rings (SSSR count). The third kappa shape index (κ3) is 2.59. The van der Waals surface area contributed by atoms with Crippen LogP contribution in [0.3, 0.4) is 0 Å². The van der Waals surface area contributed by atoms with Crippen molar-refractivity contribution in [2.75, 3.05) is 0 Å². The third-order valence-corrected chi connectivity index (χ3v) is 3.70. The average Bonchev–Trinajstić information content (AvgIpc) is 2.37. The molecule has 0 aliphatic carbocycles. The highest BCUT2D eigenvalue weighted by Crippen LogP contribution is 2.35. The van der Waals surface area contributed by atoms with Crippen molar-refractivity contribution >= 4 is 23.2 Å². The summed E-state index contributed by atoms with van der Waals surface area (Å²) in [6.45, 7) is 1.49. The minimum absolute atomic E-state index is 0.0805. The highest BCUT2D eigenvalue weighted by Gasteiger charge is 2.23. The normalized spacial score (nSPS) is 12.5. The van der Waals surface area contributed by atoms with Crippen LogP contribution in [0.1, 0.15) is 22.8 Å². The van der Waals surface area contributed by atoms with Crippen molar-refractivity contribution < 1.29 is 13.9 Å². The van der Waals surface area contributed by atoms with Crippen molar-refractivity contribution in [2.24, 2.45) is 0 Å². The summed E-state index contributed by atoms with van der Waals surface area (Å²) < 4.78 is 27.7. The lowest BCUT2D eigenvalue weighted by Crippen LogP contribution is -2.07. The van der Waals surface area contributed by atoms with Gasteiger partial charge in [-0.3, -0.25) is 0 Å². The minimum atomic E-state index is -1.51. The Balaban J connectivity index is 2.59. The zero-order valence-electron chi connectivity index (χ0n) is 9.92. The van der Waals surface area contributed by atoms with Crippen molar-refractivity contribution in [3.05, 3.63) is 68.7 Å². The number of aliphatic hydroxyl groups excluding tert-OH is 1. The molecule has 0 fully saturated rings. The van der Waals surface area contributed by atoms with Gasteiger partial charge in [0.2, 0.25) is 0 Å². The van der Waals surface area contributed by atoms with Gasteiger partial charge in [-0.15, -0.1) is 0 Å². The van der Waals surface area contributed by atoms with Crippen LogP contribution in [0.2, 0.25) is 10.0 Å². The fraction of sp³-hybridized carbons (Fsp3) is 0.143. The van der Waals surface area contributed by atoms with E-state index in [4.69, 9.17) is 23.2 Å². The first-order chi connectivity index (χ1) is 8.93. The van der Waals surface area contributed by atoms with Crippen LogP contribution in [0.5, 0.6) is 0 Å². The van der Waals surface area contributed by atoms with Crippen molar-refractivity contribution in [2.45, 2.75) is 13.0 Å². The van der Waals surface area contributed by atoms with Gasteiger partial charge in [0.05, 0.1) is 15.6 Å². The molecular formula is C14H10Cl2F2O. The summed E-state index contributed by atoms with van der Waals surface area (Å²) in [6, 6.07) is 6.97. The first-order valence-corrected chi connectivity index (χ1v) is 6.25. The van der Waals surface area contributed by atoms with Gasteiger partial charge in [0.1, 0.15) is 17.7 Å². The molecule has 0 bridgehead atoms. The molecule has 0 heterocycles. The zero-order valence-corrected chi connectivity index (χ0v) is 11.4. The van der Waals surface area contributed by atoms with Gasteiger partial charge in [0, 0.05) is 5.56 Å². The Morgan fingerprint density at radius 2 is 1.79 bits per heavy atom. The Bertz CT molecular complexity index is 629. The summed E-state index contributed by atoms with van der Waals surface area (Å²) >= 11 is 11.8. The molecule has 100 valence electrons. The third-order valence-electron chi connectivity index (χ3n) is 2.87. The molecule has 1 unspecified atom stereocenters. The quantitative estimate of drug-likeness (QED) is 0.855. The first kappa shape index (κ1) is 14.3. The highest BCUT2D eigenvalue weighted by molar-refractivity contribution is 6.42. The lowest BCUT2D eigenvalue weighted by molar-refractivity contribution is 0.209. The van der Waals surface area contributed by atoms with Crippen LogP contribution in [0, 0.1) is 18.6 Å². The van der Waals surface area contributed by atoms with Crippen LogP contribution in [0.15, 0.2) is 30.3 Å². The molecule has 2 aromatic rings. The lowest BCUT2D eigenvalue weighted by atomic mass is 9.98. The summed E-state index contributed by atoms with van der Waals surface area (Å²) in [5.74, 6) is -1.62. The Kier molecular flexibility index (Phi) is 4.09. The monoisotopic (exact) mass is 302 g/mol. The maximum absolute atomic E-state index is 14.0. The van der Waals surface area contributed by atoms with E-state index in [0.717, 1.165) is 6.07 Å². The van der Waals surface area contributed by atoms with E-state index in [-0.39, 0.29) is 21.2 Å². The number of aryl methyl sites for hydroxylation is 1. The molecule has 0 saturated heterocycles. The molecule has 19 heavy (non-hydrogen) atoms. The first-order valence-electron chi connectivity index (χ1n) is 5.50. The van der Waals surface area contributed by atoms with E-state index in [2.05, 4.69) is 0 Å². The average molecular weight is 303 g/mol. The van der Waals surface area contributed by atoms with E-state index in [0.29, 0.717) is 0 Å². The van der Waals surface area contributed by atoms with Crippen molar-refractivity contribution in [3.8, 4) is 0 Å². The number of halogens is 4. The van der Waals surface area contributed by atoms with Crippen LogP contribution in [0.25, 0.3) is 0 Å². The van der Waals surface area contributed by atoms with Crippen LogP contribution in [-0.2, 0) is 0 Å². The molecule has 0 saturated carbocycles. The SMILES string of the molecule is Cc1ccc(F)c(C(O)c2cccc(Cl)c2Cl)c1F. The summed E-state index contributed by atoms with van der Waals surface area (Å²) in [7, 11) is 0. The van der Waals surface area contributed by atoms with E-state index in [1.54, 1.807) is 6.07 Å². The highest BCUT2D eigenvalue weighted by atomic mass is 35.5. The molecular weight excluding hydrogens is 293 g/mol. The van der Waals surface area contributed by atoms with Gasteiger partial charge in [0.15, 0.2) is 0 Å². The van der Waals surface area contributed by atoms with Gasteiger partial charge in [-0.2, -0.15) is 0 Å². The van der Waals surface area contributed by atoms with Gasteiger partial charge in [0.25, 0.3) is 0 Å². The molecule has 0 radical (unpaired) electrons. The predicted octanol–water partition coefficient (Wildman–Crippen LogP) is 4.66. The molecule has 1 nitrogen and oxygen atoms in total. The smallest absolute Gasteiger partial charge is 0.135 e. The molecule has 0 amide bonds. The number of hydrogen-bond donors (Lipinski definition) is 1. The second kappa shape index (κ2) is 5.45. The largest absolute Gasteiger partial charge is 0.383 e. The van der Waals surface area contributed by atoms with Crippen LogP contribution in [0.4, 0.5) is 8.78 Å². The van der Waals surface area contributed by atoms with Gasteiger partial charge in [-0.05, 0) is 24.6 Å². The maximum atomic E-state index is 14.0. The standard InChI is InChI=1S/C14H10Cl2F2O/c1-7-5-6-10(17)11(13(7)18)14(19)8-3-2-4-9(15)12(8)16/h2-6,14,19H,1H3. The molecule has 1 N–H and O–H groups in total. The Labute approximate surface area is 119 Å². The van der Waals surface area contributed by atoms with Crippen LogP contribution in [-0.4, -0.2) is 5.11 Å². The lowest BCUT2D eigenvalue weighted by Gasteiger charge is -2.16. The zero-order chi connectivity index (χ0) is 14.2. The van der Waals surface area contributed by atoms with E-state index in [1.165, 1.54) is 25.1 Å². The van der Waals surface area contributed by atoms with Crippen LogP contribution < -0.4 is 0 Å². The Morgan fingerprint density at radius 3 is 2.47 bits per heavy atom. The molecule has 0 aliphatic heterocycles. The van der Waals surface area contributed by atoms with Crippen molar-refractivity contribution in [3.63, 3.8) is 0 Å². The molecule has 0 aliphatic rings. The second-order valence-corrected chi connectivity index (χ2v) is 4.92. The predicted molar refractivity (Wildman–Crippen MR) is 71.6 cm³/mol. The van der Waals surface area contributed by atoms with E-state index < -0.39 is 23.3 Å².